The van der Waals surface area contributed by atoms with Crippen LogP contribution in [0.2, 0.25) is 0 Å². The fourth-order valence-electron chi connectivity index (χ4n) is 1.62. The first-order valence-corrected chi connectivity index (χ1v) is 6.77. The number of hydrogen-bond donors (Lipinski definition) is 1. The number of nitrogens with zero attached hydrogens (tertiary/aromatic N) is 1. The van der Waals surface area contributed by atoms with Gasteiger partial charge in [0.25, 0.3) is 0 Å². The second-order valence-corrected chi connectivity index (χ2v) is 5.77. The Morgan fingerprint density at radius 2 is 2.18 bits per heavy atom. The Hall–Kier alpha value is -0.820. The Balaban J connectivity index is 2.32. The predicted octanol–water partition coefficient (Wildman–Crippen LogP) is 3.60. The molecule has 0 amide bonds. The maximum absolute atomic E-state index is 11.1. The molecule has 0 aliphatic heterocycles. The van der Waals surface area contributed by atoms with Crippen molar-refractivity contribution in [2.24, 2.45) is 0 Å². The molecule has 1 heterocycles. The molecule has 0 radical (unpaired) electrons. The van der Waals surface area contributed by atoms with Crippen LogP contribution in [0.3, 0.4) is 0 Å². The molecule has 2 rings (SSSR count). The van der Waals surface area contributed by atoms with Gasteiger partial charge in [-0.05, 0) is 46.4 Å². The standard InChI is InChI=1S/C12H9BrINO2/c13-9-3-1-2-8(4-9)6-15-7-10(14)5-11(15)12(16)17/h1-5,7H,6H2,(H,16,17). The molecule has 2 aromatic rings. The quantitative estimate of drug-likeness (QED) is 0.792. The molecular weight excluding hydrogens is 397 g/mol. The highest BCUT2D eigenvalue weighted by Crippen LogP contribution is 2.16. The highest BCUT2D eigenvalue weighted by Gasteiger charge is 2.11. The summed E-state index contributed by atoms with van der Waals surface area (Å²) >= 11 is 5.52. The second-order valence-electron chi connectivity index (χ2n) is 3.61. The Morgan fingerprint density at radius 3 is 2.82 bits per heavy atom. The lowest BCUT2D eigenvalue weighted by molar-refractivity contribution is 0.0685. The number of rotatable bonds is 3. The van der Waals surface area contributed by atoms with Gasteiger partial charge in [-0.1, -0.05) is 28.1 Å². The van der Waals surface area contributed by atoms with Gasteiger partial charge < -0.3 is 9.67 Å². The minimum absolute atomic E-state index is 0.314. The molecule has 1 aromatic heterocycles. The van der Waals surface area contributed by atoms with Crippen molar-refractivity contribution in [2.45, 2.75) is 6.54 Å². The number of halogens is 2. The Kier molecular flexibility index (Phi) is 3.88. The first-order valence-electron chi connectivity index (χ1n) is 4.89. The van der Waals surface area contributed by atoms with Gasteiger partial charge in [-0.3, -0.25) is 0 Å². The van der Waals surface area contributed by atoms with Crippen LogP contribution in [0.25, 0.3) is 0 Å². The van der Waals surface area contributed by atoms with E-state index in [1.807, 2.05) is 30.5 Å². The van der Waals surface area contributed by atoms with E-state index in [0.717, 1.165) is 13.6 Å². The molecule has 0 bridgehead atoms. The van der Waals surface area contributed by atoms with Gasteiger partial charge in [0.15, 0.2) is 0 Å². The highest BCUT2D eigenvalue weighted by atomic mass is 127. The maximum atomic E-state index is 11.1. The van der Waals surface area contributed by atoms with E-state index in [2.05, 4.69) is 38.5 Å². The lowest BCUT2D eigenvalue weighted by atomic mass is 10.2. The van der Waals surface area contributed by atoms with E-state index in [0.29, 0.717) is 12.2 Å². The third-order valence-corrected chi connectivity index (χ3v) is 3.41. The average molecular weight is 406 g/mol. The van der Waals surface area contributed by atoms with Crippen molar-refractivity contribution < 1.29 is 9.90 Å². The summed E-state index contributed by atoms with van der Waals surface area (Å²) in [7, 11) is 0. The Morgan fingerprint density at radius 1 is 1.41 bits per heavy atom. The Bertz CT molecular complexity index is 565. The van der Waals surface area contributed by atoms with Crippen molar-refractivity contribution in [1.29, 1.82) is 0 Å². The monoisotopic (exact) mass is 405 g/mol. The van der Waals surface area contributed by atoms with Gasteiger partial charge in [0.05, 0.1) is 0 Å². The summed E-state index contributed by atoms with van der Waals surface area (Å²) in [4.78, 5) is 11.1. The summed E-state index contributed by atoms with van der Waals surface area (Å²) in [6.07, 6.45) is 1.84. The predicted molar refractivity (Wildman–Crippen MR) is 77.4 cm³/mol. The zero-order valence-electron chi connectivity index (χ0n) is 8.73. The SMILES string of the molecule is O=C(O)c1cc(I)cn1Cc1cccc(Br)c1. The van der Waals surface area contributed by atoms with Crippen LogP contribution in [0, 0.1) is 3.57 Å². The summed E-state index contributed by atoms with van der Waals surface area (Å²) in [5.41, 5.74) is 1.38. The molecule has 0 unspecified atom stereocenters. The summed E-state index contributed by atoms with van der Waals surface area (Å²) in [6, 6.07) is 9.51. The van der Waals surface area contributed by atoms with Gasteiger partial charge in [0.2, 0.25) is 0 Å². The summed E-state index contributed by atoms with van der Waals surface area (Å²) in [5.74, 6) is -0.900. The number of hydrogen-bond acceptors (Lipinski definition) is 1. The number of carbonyl (C=O) groups is 1. The summed E-state index contributed by atoms with van der Waals surface area (Å²) in [5, 5.41) is 9.08. The van der Waals surface area contributed by atoms with Crippen molar-refractivity contribution in [3.8, 4) is 0 Å². The van der Waals surface area contributed by atoms with Crippen LogP contribution < -0.4 is 0 Å². The molecule has 0 spiro atoms. The van der Waals surface area contributed by atoms with Crippen LogP contribution in [0.1, 0.15) is 16.1 Å². The molecule has 0 atom stereocenters. The van der Waals surface area contributed by atoms with Crippen LogP contribution in [0.15, 0.2) is 41.0 Å². The van der Waals surface area contributed by atoms with Crippen molar-refractivity contribution in [1.82, 2.24) is 4.57 Å². The molecule has 17 heavy (non-hydrogen) atoms. The van der Waals surface area contributed by atoms with Crippen molar-refractivity contribution >= 4 is 44.5 Å². The van der Waals surface area contributed by atoms with Crippen molar-refractivity contribution in [3.05, 3.63) is 55.8 Å². The normalized spacial score (nSPS) is 10.5. The third kappa shape index (κ3) is 3.10. The zero-order chi connectivity index (χ0) is 12.4. The lowest BCUT2D eigenvalue weighted by Crippen LogP contribution is -2.08. The van der Waals surface area contributed by atoms with Crippen LogP contribution >= 0.6 is 38.5 Å². The molecule has 0 saturated heterocycles. The van der Waals surface area contributed by atoms with E-state index in [4.69, 9.17) is 5.11 Å². The first kappa shape index (κ1) is 12.6. The molecule has 0 saturated carbocycles. The van der Waals surface area contributed by atoms with E-state index in [9.17, 15) is 4.79 Å². The molecule has 0 aliphatic carbocycles. The molecule has 88 valence electrons. The van der Waals surface area contributed by atoms with Crippen LogP contribution in [0.4, 0.5) is 0 Å². The van der Waals surface area contributed by atoms with E-state index in [-0.39, 0.29) is 0 Å². The van der Waals surface area contributed by atoms with E-state index < -0.39 is 5.97 Å². The fraction of sp³-hybridized carbons (Fsp3) is 0.0833. The van der Waals surface area contributed by atoms with Gasteiger partial charge in [-0.25, -0.2) is 4.79 Å². The van der Waals surface area contributed by atoms with Gasteiger partial charge in [0, 0.05) is 20.8 Å². The number of carboxylic acid groups (broad SMARTS) is 1. The van der Waals surface area contributed by atoms with Crippen LogP contribution in [-0.2, 0) is 6.54 Å². The van der Waals surface area contributed by atoms with Gasteiger partial charge >= 0.3 is 5.97 Å². The molecule has 5 heteroatoms. The third-order valence-electron chi connectivity index (χ3n) is 2.32. The first-order chi connectivity index (χ1) is 8.06. The maximum Gasteiger partial charge on any atom is 0.352 e. The molecule has 1 N–H and O–H groups in total. The minimum Gasteiger partial charge on any atom is -0.477 e. The topological polar surface area (TPSA) is 42.2 Å². The smallest absolute Gasteiger partial charge is 0.352 e. The van der Waals surface area contributed by atoms with Crippen LogP contribution in [-0.4, -0.2) is 15.6 Å². The molecule has 1 aromatic carbocycles. The van der Waals surface area contributed by atoms with Crippen molar-refractivity contribution in [2.75, 3.05) is 0 Å². The lowest BCUT2D eigenvalue weighted by Gasteiger charge is -2.06. The minimum atomic E-state index is -0.900. The Labute approximate surface area is 121 Å². The summed E-state index contributed by atoms with van der Waals surface area (Å²) in [6.45, 7) is 0.560. The van der Waals surface area contributed by atoms with Gasteiger partial charge in [-0.15, -0.1) is 0 Å². The number of carboxylic acids is 1. The van der Waals surface area contributed by atoms with Crippen LogP contribution in [0.5, 0.6) is 0 Å². The number of aromatic carboxylic acids is 1. The van der Waals surface area contributed by atoms with Gasteiger partial charge in [-0.2, -0.15) is 0 Å². The zero-order valence-corrected chi connectivity index (χ0v) is 12.5. The largest absolute Gasteiger partial charge is 0.477 e. The number of benzene rings is 1. The fourth-order valence-corrected chi connectivity index (χ4v) is 2.69. The molecule has 0 fully saturated rings. The van der Waals surface area contributed by atoms with E-state index in [1.165, 1.54) is 0 Å². The molecule has 0 aliphatic rings. The van der Waals surface area contributed by atoms with E-state index in [1.54, 1.807) is 10.6 Å². The van der Waals surface area contributed by atoms with E-state index >= 15 is 0 Å². The molecular formula is C12H9BrINO2. The molecule has 3 nitrogen and oxygen atoms in total. The second kappa shape index (κ2) is 5.22. The number of aromatic nitrogens is 1. The average Bonchev–Trinajstić information content (AvgIpc) is 2.59. The van der Waals surface area contributed by atoms with Gasteiger partial charge in [0.1, 0.15) is 5.69 Å². The summed E-state index contributed by atoms with van der Waals surface area (Å²) < 4.78 is 3.66. The highest BCUT2D eigenvalue weighted by molar-refractivity contribution is 14.1. The van der Waals surface area contributed by atoms with Crippen molar-refractivity contribution in [3.63, 3.8) is 0 Å².